The second kappa shape index (κ2) is 5.69. The topological polar surface area (TPSA) is 26.3 Å². The van der Waals surface area contributed by atoms with Crippen molar-refractivity contribution in [3.8, 4) is 0 Å². The Morgan fingerprint density at radius 3 is 2.62 bits per heavy atom. The second-order valence-electron chi connectivity index (χ2n) is 4.26. The molecule has 1 unspecified atom stereocenters. The molecule has 0 spiro atoms. The van der Waals surface area contributed by atoms with E-state index in [1.54, 1.807) is 0 Å². The van der Waals surface area contributed by atoms with Crippen molar-refractivity contribution >= 4 is 5.97 Å². The number of aryl methyl sites for hydroxylation is 2. The predicted molar refractivity (Wildman–Crippen MR) is 65.4 cm³/mol. The Morgan fingerprint density at radius 1 is 1.38 bits per heavy atom. The van der Waals surface area contributed by atoms with Crippen LogP contribution < -0.4 is 0 Å². The first-order chi connectivity index (χ1) is 7.58. The van der Waals surface area contributed by atoms with E-state index in [0.717, 1.165) is 12.8 Å². The van der Waals surface area contributed by atoms with Crippen LogP contribution in [0.15, 0.2) is 18.2 Å². The fourth-order valence-corrected chi connectivity index (χ4v) is 1.85. The minimum absolute atomic E-state index is 0.0227. The molecular formula is C14H20O2. The number of rotatable bonds is 4. The van der Waals surface area contributed by atoms with E-state index in [-0.39, 0.29) is 11.9 Å². The first-order valence-electron chi connectivity index (χ1n) is 5.72. The molecule has 0 fully saturated rings. The summed E-state index contributed by atoms with van der Waals surface area (Å²) in [5.74, 6) is -0.131. The summed E-state index contributed by atoms with van der Waals surface area (Å²) in [6, 6.07) is 6.35. The first-order valence-corrected chi connectivity index (χ1v) is 5.72. The number of carbonyl (C=O) groups excluding carboxylic acids is 1. The Balaban J connectivity index is 2.85. The van der Waals surface area contributed by atoms with Gasteiger partial charge >= 0.3 is 5.97 Å². The molecule has 0 saturated carbocycles. The van der Waals surface area contributed by atoms with E-state index in [9.17, 15) is 4.79 Å². The molecule has 0 amide bonds. The number of esters is 1. The molecule has 0 aliphatic heterocycles. The summed E-state index contributed by atoms with van der Waals surface area (Å²) in [5, 5.41) is 0. The number of benzene rings is 1. The molecule has 0 radical (unpaired) electrons. The van der Waals surface area contributed by atoms with Gasteiger partial charge in [-0.15, -0.1) is 0 Å². The van der Waals surface area contributed by atoms with E-state index in [2.05, 4.69) is 32.0 Å². The summed E-state index contributed by atoms with van der Waals surface area (Å²) in [5.41, 5.74) is 3.73. The molecule has 2 heteroatoms. The lowest BCUT2D eigenvalue weighted by molar-refractivity contribution is -0.145. The maximum Gasteiger partial charge on any atom is 0.308 e. The van der Waals surface area contributed by atoms with Crippen LogP contribution in [-0.4, -0.2) is 13.1 Å². The maximum absolute atomic E-state index is 11.5. The van der Waals surface area contributed by atoms with Crippen LogP contribution in [0.5, 0.6) is 0 Å². The molecule has 1 rings (SSSR count). The minimum Gasteiger partial charge on any atom is -0.469 e. The van der Waals surface area contributed by atoms with Crippen LogP contribution >= 0.6 is 0 Å². The van der Waals surface area contributed by atoms with Crippen molar-refractivity contribution in [1.82, 2.24) is 0 Å². The monoisotopic (exact) mass is 220 g/mol. The van der Waals surface area contributed by atoms with Crippen LogP contribution in [0.2, 0.25) is 0 Å². The highest BCUT2D eigenvalue weighted by Crippen LogP contribution is 2.18. The smallest absolute Gasteiger partial charge is 0.308 e. The number of ether oxygens (including phenoxy) is 1. The maximum atomic E-state index is 11.5. The van der Waals surface area contributed by atoms with Crippen molar-refractivity contribution in [2.24, 2.45) is 5.92 Å². The molecule has 1 aromatic rings. The van der Waals surface area contributed by atoms with Crippen LogP contribution in [-0.2, 0) is 16.0 Å². The number of hydrogen-bond donors (Lipinski definition) is 0. The molecule has 1 aromatic carbocycles. The Bertz CT molecular complexity index is 369. The molecular weight excluding hydrogens is 200 g/mol. The lowest BCUT2D eigenvalue weighted by Gasteiger charge is -2.14. The zero-order valence-electron chi connectivity index (χ0n) is 10.5. The fraction of sp³-hybridized carbons (Fsp3) is 0.500. The van der Waals surface area contributed by atoms with E-state index in [1.165, 1.54) is 23.8 Å². The quantitative estimate of drug-likeness (QED) is 0.729. The molecule has 0 saturated heterocycles. The lowest BCUT2D eigenvalue weighted by atomic mass is 9.93. The van der Waals surface area contributed by atoms with Gasteiger partial charge in [-0.1, -0.05) is 30.7 Å². The second-order valence-corrected chi connectivity index (χ2v) is 4.26. The summed E-state index contributed by atoms with van der Waals surface area (Å²) >= 11 is 0. The van der Waals surface area contributed by atoms with Gasteiger partial charge in [0.15, 0.2) is 0 Å². The van der Waals surface area contributed by atoms with Gasteiger partial charge in [0.2, 0.25) is 0 Å². The summed E-state index contributed by atoms with van der Waals surface area (Å²) < 4.78 is 4.81. The highest BCUT2D eigenvalue weighted by atomic mass is 16.5. The van der Waals surface area contributed by atoms with Gasteiger partial charge in [0.05, 0.1) is 13.0 Å². The van der Waals surface area contributed by atoms with Crippen molar-refractivity contribution < 1.29 is 9.53 Å². The highest BCUT2D eigenvalue weighted by molar-refractivity contribution is 5.72. The molecule has 16 heavy (non-hydrogen) atoms. The predicted octanol–water partition coefficient (Wildman–Crippen LogP) is 3.05. The average Bonchev–Trinajstić information content (AvgIpc) is 2.29. The van der Waals surface area contributed by atoms with E-state index >= 15 is 0 Å². The van der Waals surface area contributed by atoms with Crippen molar-refractivity contribution in [3.63, 3.8) is 0 Å². The third-order valence-corrected chi connectivity index (χ3v) is 3.00. The van der Waals surface area contributed by atoms with Gasteiger partial charge in [-0.3, -0.25) is 4.79 Å². The van der Waals surface area contributed by atoms with E-state index in [0.29, 0.717) is 0 Å². The Labute approximate surface area is 97.6 Å². The van der Waals surface area contributed by atoms with Crippen molar-refractivity contribution in [2.75, 3.05) is 7.11 Å². The minimum atomic E-state index is -0.108. The Morgan fingerprint density at radius 2 is 2.06 bits per heavy atom. The summed E-state index contributed by atoms with van der Waals surface area (Å²) in [7, 11) is 1.45. The molecule has 1 atom stereocenters. The first kappa shape index (κ1) is 12.8. The third kappa shape index (κ3) is 3.09. The molecule has 88 valence electrons. The van der Waals surface area contributed by atoms with Gasteiger partial charge in [0.1, 0.15) is 0 Å². The molecule has 0 heterocycles. The van der Waals surface area contributed by atoms with Crippen molar-refractivity contribution in [1.29, 1.82) is 0 Å². The normalized spacial score (nSPS) is 12.2. The SMILES string of the molecule is CCC(Cc1cc(C)ccc1C)C(=O)OC. The molecule has 0 aromatic heterocycles. The third-order valence-electron chi connectivity index (χ3n) is 3.00. The summed E-state index contributed by atoms with van der Waals surface area (Å²) in [6.07, 6.45) is 1.59. The van der Waals surface area contributed by atoms with Crippen LogP contribution in [0, 0.1) is 19.8 Å². The molecule has 2 nitrogen and oxygen atoms in total. The standard InChI is InChI=1S/C14H20O2/c1-5-12(14(15)16-4)9-13-8-10(2)6-7-11(13)3/h6-8,12H,5,9H2,1-4H3. The summed E-state index contributed by atoms with van der Waals surface area (Å²) in [4.78, 5) is 11.5. The van der Waals surface area contributed by atoms with E-state index in [4.69, 9.17) is 4.74 Å². The molecule has 0 bridgehead atoms. The van der Waals surface area contributed by atoms with Gasteiger partial charge < -0.3 is 4.74 Å². The Kier molecular flexibility index (Phi) is 4.53. The van der Waals surface area contributed by atoms with Crippen LogP contribution in [0.4, 0.5) is 0 Å². The van der Waals surface area contributed by atoms with Gasteiger partial charge in [0, 0.05) is 0 Å². The highest BCUT2D eigenvalue weighted by Gasteiger charge is 2.18. The van der Waals surface area contributed by atoms with Gasteiger partial charge in [-0.2, -0.15) is 0 Å². The van der Waals surface area contributed by atoms with E-state index < -0.39 is 0 Å². The van der Waals surface area contributed by atoms with Gasteiger partial charge in [-0.25, -0.2) is 0 Å². The zero-order valence-corrected chi connectivity index (χ0v) is 10.5. The van der Waals surface area contributed by atoms with Gasteiger partial charge in [0.25, 0.3) is 0 Å². The lowest BCUT2D eigenvalue weighted by Crippen LogP contribution is -2.18. The van der Waals surface area contributed by atoms with Gasteiger partial charge in [-0.05, 0) is 37.8 Å². The van der Waals surface area contributed by atoms with Crippen molar-refractivity contribution in [2.45, 2.75) is 33.6 Å². The van der Waals surface area contributed by atoms with Crippen LogP contribution in [0.25, 0.3) is 0 Å². The van der Waals surface area contributed by atoms with E-state index in [1.807, 2.05) is 6.92 Å². The Hall–Kier alpha value is -1.31. The number of hydrogen-bond acceptors (Lipinski definition) is 2. The molecule has 0 N–H and O–H groups in total. The number of carbonyl (C=O) groups is 1. The molecule has 0 aliphatic rings. The summed E-state index contributed by atoms with van der Waals surface area (Å²) in [6.45, 7) is 6.17. The van der Waals surface area contributed by atoms with Crippen LogP contribution in [0.1, 0.15) is 30.0 Å². The average molecular weight is 220 g/mol. The molecule has 0 aliphatic carbocycles. The largest absolute Gasteiger partial charge is 0.469 e. The number of methoxy groups -OCH3 is 1. The van der Waals surface area contributed by atoms with Crippen LogP contribution in [0.3, 0.4) is 0 Å². The fourth-order valence-electron chi connectivity index (χ4n) is 1.85. The van der Waals surface area contributed by atoms with Crippen molar-refractivity contribution in [3.05, 3.63) is 34.9 Å². The zero-order chi connectivity index (χ0) is 12.1.